The fourth-order valence-electron chi connectivity index (χ4n) is 4.22. The first-order valence-electron chi connectivity index (χ1n) is 9.98. The highest BCUT2D eigenvalue weighted by Gasteiger charge is 2.35. The maximum Gasteiger partial charge on any atom is 0.236 e. The van der Waals surface area contributed by atoms with Crippen molar-refractivity contribution in [2.45, 2.75) is 44.6 Å². The Bertz CT molecular complexity index is 639. The number of rotatable bonds is 5. The molecule has 2 fully saturated rings. The standard InChI is InChI=1S/C21H31N3O3/c1-16(25)22-20-14-23(15-21(26)24-11-5-3-4-6-12-24)13-19(20)17-7-9-18(27-2)10-8-17/h7-10,19-20H,3-6,11-15H2,1-2H3,(H,22,25)/t19-,20+/m0/s1. The molecule has 2 atom stereocenters. The molecular weight excluding hydrogens is 342 g/mol. The maximum atomic E-state index is 12.7. The van der Waals surface area contributed by atoms with Gasteiger partial charge in [-0.15, -0.1) is 0 Å². The second-order valence-electron chi connectivity index (χ2n) is 7.68. The first-order chi connectivity index (χ1) is 13.1. The van der Waals surface area contributed by atoms with E-state index in [1.807, 2.05) is 17.0 Å². The Balaban J connectivity index is 1.66. The fraction of sp³-hybridized carbons (Fsp3) is 0.619. The Labute approximate surface area is 161 Å². The van der Waals surface area contributed by atoms with E-state index in [1.54, 1.807) is 14.0 Å². The average Bonchev–Trinajstić information content (AvgIpc) is 2.86. The third-order valence-electron chi connectivity index (χ3n) is 5.65. The van der Waals surface area contributed by atoms with Crippen LogP contribution >= 0.6 is 0 Å². The molecule has 1 N–H and O–H groups in total. The summed E-state index contributed by atoms with van der Waals surface area (Å²) in [6.45, 7) is 5.22. The number of methoxy groups -OCH3 is 1. The molecule has 0 radical (unpaired) electrons. The van der Waals surface area contributed by atoms with Crippen molar-refractivity contribution in [1.82, 2.24) is 15.1 Å². The van der Waals surface area contributed by atoms with Crippen molar-refractivity contribution < 1.29 is 14.3 Å². The van der Waals surface area contributed by atoms with Gasteiger partial charge in [0.1, 0.15) is 5.75 Å². The topological polar surface area (TPSA) is 61.9 Å². The minimum atomic E-state index is -0.0285. The van der Waals surface area contributed by atoms with Crippen LogP contribution in [0.15, 0.2) is 24.3 Å². The highest BCUT2D eigenvalue weighted by atomic mass is 16.5. The summed E-state index contributed by atoms with van der Waals surface area (Å²) in [6, 6.07) is 8.03. The molecule has 6 heteroatoms. The molecule has 0 unspecified atom stereocenters. The van der Waals surface area contributed by atoms with Gasteiger partial charge in [0.05, 0.1) is 13.7 Å². The van der Waals surface area contributed by atoms with Gasteiger partial charge < -0.3 is 15.0 Å². The Morgan fingerprint density at radius 3 is 2.33 bits per heavy atom. The van der Waals surface area contributed by atoms with Crippen LogP contribution < -0.4 is 10.1 Å². The van der Waals surface area contributed by atoms with Crippen LogP contribution in [0.25, 0.3) is 0 Å². The van der Waals surface area contributed by atoms with Gasteiger partial charge in [0.2, 0.25) is 11.8 Å². The van der Waals surface area contributed by atoms with E-state index < -0.39 is 0 Å². The van der Waals surface area contributed by atoms with Crippen LogP contribution in [0.2, 0.25) is 0 Å². The number of hydrogen-bond acceptors (Lipinski definition) is 4. The Morgan fingerprint density at radius 1 is 1.07 bits per heavy atom. The highest BCUT2D eigenvalue weighted by molar-refractivity contribution is 5.78. The summed E-state index contributed by atoms with van der Waals surface area (Å²) in [5.74, 6) is 1.19. The van der Waals surface area contributed by atoms with Crippen LogP contribution in [0, 0.1) is 0 Å². The smallest absolute Gasteiger partial charge is 0.236 e. The predicted molar refractivity (Wildman–Crippen MR) is 105 cm³/mol. The molecule has 6 nitrogen and oxygen atoms in total. The van der Waals surface area contributed by atoms with E-state index in [1.165, 1.54) is 18.4 Å². The number of hydrogen-bond donors (Lipinski definition) is 1. The van der Waals surface area contributed by atoms with Gasteiger partial charge in [0.15, 0.2) is 0 Å². The summed E-state index contributed by atoms with van der Waals surface area (Å²) >= 11 is 0. The first-order valence-corrected chi connectivity index (χ1v) is 9.98. The van der Waals surface area contributed by atoms with Gasteiger partial charge in [0.25, 0.3) is 0 Å². The number of likely N-dealkylation sites (tertiary alicyclic amines) is 2. The molecule has 2 aliphatic heterocycles. The van der Waals surface area contributed by atoms with E-state index in [0.29, 0.717) is 13.1 Å². The van der Waals surface area contributed by atoms with Crippen molar-refractivity contribution in [1.29, 1.82) is 0 Å². The lowest BCUT2D eigenvalue weighted by atomic mass is 9.94. The number of carbonyl (C=O) groups is 2. The summed E-state index contributed by atoms with van der Waals surface area (Å²) in [5.41, 5.74) is 1.17. The molecule has 0 saturated carbocycles. The zero-order chi connectivity index (χ0) is 19.2. The third-order valence-corrected chi connectivity index (χ3v) is 5.65. The lowest BCUT2D eigenvalue weighted by Gasteiger charge is -2.24. The summed E-state index contributed by atoms with van der Waals surface area (Å²) < 4.78 is 5.24. The highest BCUT2D eigenvalue weighted by Crippen LogP contribution is 2.29. The number of ether oxygens (including phenoxy) is 1. The molecule has 2 amide bonds. The SMILES string of the molecule is COc1ccc([C@@H]2CN(CC(=O)N3CCCCCC3)C[C@H]2NC(C)=O)cc1. The Morgan fingerprint density at radius 2 is 1.74 bits per heavy atom. The van der Waals surface area contributed by atoms with Crippen molar-refractivity contribution >= 4 is 11.8 Å². The minimum absolute atomic E-state index is 0.0211. The number of nitrogens with one attached hydrogen (secondary N) is 1. The summed E-state index contributed by atoms with van der Waals surface area (Å²) in [5, 5.41) is 3.07. The molecule has 148 valence electrons. The summed E-state index contributed by atoms with van der Waals surface area (Å²) in [6.07, 6.45) is 4.65. The Kier molecular flexibility index (Phi) is 6.72. The van der Waals surface area contributed by atoms with Gasteiger partial charge in [-0.1, -0.05) is 25.0 Å². The van der Waals surface area contributed by atoms with E-state index in [2.05, 4.69) is 22.3 Å². The lowest BCUT2D eigenvalue weighted by molar-refractivity contribution is -0.132. The summed E-state index contributed by atoms with van der Waals surface area (Å²) in [7, 11) is 1.65. The van der Waals surface area contributed by atoms with E-state index in [9.17, 15) is 9.59 Å². The van der Waals surface area contributed by atoms with Crippen LogP contribution in [0.4, 0.5) is 0 Å². The largest absolute Gasteiger partial charge is 0.497 e. The molecule has 3 rings (SSSR count). The molecule has 0 bridgehead atoms. The number of carbonyl (C=O) groups excluding carboxylic acids is 2. The number of nitrogens with zero attached hydrogens (tertiary/aromatic N) is 2. The molecule has 2 aliphatic rings. The zero-order valence-corrected chi connectivity index (χ0v) is 16.4. The average molecular weight is 373 g/mol. The molecule has 2 saturated heterocycles. The molecule has 0 spiro atoms. The molecule has 1 aromatic rings. The van der Waals surface area contributed by atoms with E-state index in [-0.39, 0.29) is 23.8 Å². The number of amides is 2. The quantitative estimate of drug-likeness (QED) is 0.858. The van der Waals surface area contributed by atoms with Gasteiger partial charge >= 0.3 is 0 Å². The molecule has 2 heterocycles. The van der Waals surface area contributed by atoms with E-state index >= 15 is 0 Å². The van der Waals surface area contributed by atoms with Crippen molar-refractivity contribution in [2.24, 2.45) is 0 Å². The fourth-order valence-corrected chi connectivity index (χ4v) is 4.22. The van der Waals surface area contributed by atoms with Crippen molar-refractivity contribution in [3.63, 3.8) is 0 Å². The third kappa shape index (κ3) is 5.22. The van der Waals surface area contributed by atoms with Gasteiger partial charge in [-0.25, -0.2) is 0 Å². The van der Waals surface area contributed by atoms with Crippen LogP contribution in [0.1, 0.15) is 44.1 Å². The predicted octanol–water partition coefficient (Wildman–Crippen LogP) is 2.00. The van der Waals surface area contributed by atoms with E-state index in [0.717, 1.165) is 38.2 Å². The first kappa shape index (κ1) is 19.7. The van der Waals surface area contributed by atoms with Crippen LogP contribution in [0.5, 0.6) is 5.75 Å². The van der Waals surface area contributed by atoms with Crippen LogP contribution in [-0.2, 0) is 9.59 Å². The molecule has 27 heavy (non-hydrogen) atoms. The van der Waals surface area contributed by atoms with E-state index in [4.69, 9.17) is 4.74 Å². The maximum absolute atomic E-state index is 12.7. The van der Waals surface area contributed by atoms with Crippen LogP contribution in [-0.4, -0.2) is 67.5 Å². The second kappa shape index (κ2) is 9.22. The van der Waals surface area contributed by atoms with Crippen molar-refractivity contribution in [3.05, 3.63) is 29.8 Å². The monoisotopic (exact) mass is 373 g/mol. The number of benzene rings is 1. The molecule has 0 aliphatic carbocycles. The Hall–Kier alpha value is -2.08. The lowest BCUT2D eigenvalue weighted by Crippen LogP contribution is -2.42. The van der Waals surface area contributed by atoms with Crippen LogP contribution in [0.3, 0.4) is 0 Å². The minimum Gasteiger partial charge on any atom is -0.497 e. The zero-order valence-electron chi connectivity index (χ0n) is 16.4. The van der Waals surface area contributed by atoms with Crippen molar-refractivity contribution in [2.75, 3.05) is 39.8 Å². The molecule has 0 aromatic heterocycles. The molecule has 1 aromatic carbocycles. The van der Waals surface area contributed by atoms with Gasteiger partial charge in [0, 0.05) is 45.1 Å². The molecular formula is C21H31N3O3. The second-order valence-corrected chi connectivity index (χ2v) is 7.68. The van der Waals surface area contributed by atoms with Gasteiger partial charge in [-0.05, 0) is 30.5 Å². The van der Waals surface area contributed by atoms with Gasteiger partial charge in [-0.3, -0.25) is 14.5 Å². The van der Waals surface area contributed by atoms with Crippen molar-refractivity contribution in [3.8, 4) is 5.75 Å². The summed E-state index contributed by atoms with van der Waals surface area (Å²) in [4.78, 5) is 28.6. The normalized spacial score (nSPS) is 23.7. The van der Waals surface area contributed by atoms with Gasteiger partial charge in [-0.2, -0.15) is 0 Å².